The Kier molecular flexibility index (Phi) is 3.74. The van der Waals surface area contributed by atoms with E-state index in [1.165, 1.54) is 0 Å². The first-order valence-electron chi connectivity index (χ1n) is 6.34. The van der Waals surface area contributed by atoms with Crippen LogP contribution in [0.3, 0.4) is 0 Å². The van der Waals surface area contributed by atoms with Crippen molar-refractivity contribution in [2.75, 3.05) is 5.73 Å². The summed E-state index contributed by atoms with van der Waals surface area (Å²) in [6, 6.07) is 13.5. The van der Waals surface area contributed by atoms with Crippen LogP contribution in [0.25, 0.3) is 22.4 Å². The number of halogens is 2. The van der Waals surface area contributed by atoms with Crippen molar-refractivity contribution in [3.63, 3.8) is 0 Å². The minimum absolute atomic E-state index is 0.285. The molecule has 3 aromatic rings. The van der Waals surface area contributed by atoms with Crippen molar-refractivity contribution >= 4 is 33.4 Å². The number of nitrogens with two attached hydrogens (primary N) is 1. The molecule has 1 aromatic heterocycles. The van der Waals surface area contributed by atoms with Crippen molar-refractivity contribution in [2.45, 2.75) is 6.92 Å². The van der Waals surface area contributed by atoms with E-state index in [0.29, 0.717) is 10.7 Å². The van der Waals surface area contributed by atoms with Crippen LogP contribution in [0.4, 0.5) is 5.88 Å². The van der Waals surface area contributed by atoms with Crippen LogP contribution < -0.4 is 5.73 Å². The Morgan fingerprint density at radius 1 is 1.14 bits per heavy atom. The Morgan fingerprint density at radius 2 is 1.95 bits per heavy atom. The van der Waals surface area contributed by atoms with E-state index in [0.717, 1.165) is 26.7 Å². The molecule has 21 heavy (non-hydrogen) atoms. The average Bonchev–Trinajstić information content (AvgIpc) is 2.84. The number of nitrogen functional groups attached to an aromatic ring is 1. The number of hydrogen-bond acceptors (Lipinski definition) is 3. The first-order valence-corrected chi connectivity index (χ1v) is 7.51. The lowest BCUT2D eigenvalue weighted by Crippen LogP contribution is -1.88. The predicted octanol–water partition coefficient (Wildman–Crippen LogP) is 5.32. The highest BCUT2D eigenvalue weighted by Gasteiger charge is 2.18. The van der Waals surface area contributed by atoms with E-state index >= 15 is 0 Å². The number of aromatic nitrogens is 1. The van der Waals surface area contributed by atoms with Gasteiger partial charge in [-0.2, -0.15) is 0 Å². The van der Waals surface area contributed by atoms with Crippen LogP contribution in [-0.4, -0.2) is 5.16 Å². The fourth-order valence-electron chi connectivity index (χ4n) is 2.21. The van der Waals surface area contributed by atoms with Crippen LogP contribution in [0.2, 0.25) is 5.02 Å². The van der Waals surface area contributed by atoms with Gasteiger partial charge in [-0.1, -0.05) is 50.9 Å². The zero-order valence-electron chi connectivity index (χ0n) is 11.2. The molecule has 106 valence electrons. The van der Waals surface area contributed by atoms with E-state index in [1.807, 2.05) is 49.4 Å². The molecule has 0 bridgehead atoms. The molecular weight excluding hydrogens is 352 g/mol. The number of anilines is 1. The fourth-order valence-corrected chi connectivity index (χ4v) is 2.65. The predicted molar refractivity (Wildman–Crippen MR) is 89.2 cm³/mol. The van der Waals surface area contributed by atoms with Gasteiger partial charge in [0.2, 0.25) is 5.88 Å². The minimum Gasteiger partial charge on any atom is -0.367 e. The molecular formula is C16H12BrClN2O. The molecule has 0 aliphatic carbocycles. The SMILES string of the molecule is Cc1cc(-c2noc(N)c2-c2cccc(Cl)c2)ccc1Br. The maximum Gasteiger partial charge on any atom is 0.230 e. The Labute approximate surface area is 135 Å². The van der Waals surface area contributed by atoms with Crippen LogP contribution >= 0.6 is 27.5 Å². The molecule has 0 fully saturated rings. The summed E-state index contributed by atoms with van der Waals surface area (Å²) in [6.07, 6.45) is 0. The monoisotopic (exact) mass is 362 g/mol. The second-order valence-corrected chi connectivity index (χ2v) is 6.04. The highest BCUT2D eigenvalue weighted by Crippen LogP contribution is 2.37. The maximum atomic E-state index is 6.06. The van der Waals surface area contributed by atoms with Gasteiger partial charge in [-0.15, -0.1) is 0 Å². The Balaban J connectivity index is 2.19. The lowest BCUT2D eigenvalue weighted by atomic mass is 10.00. The van der Waals surface area contributed by atoms with Crippen LogP contribution in [0, 0.1) is 6.92 Å². The number of nitrogens with zero attached hydrogens (tertiary/aromatic N) is 1. The third kappa shape index (κ3) is 2.69. The van der Waals surface area contributed by atoms with Crippen LogP contribution in [0.1, 0.15) is 5.56 Å². The number of benzene rings is 2. The van der Waals surface area contributed by atoms with E-state index in [9.17, 15) is 0 Å². The summed E-state index contributed by atoms with van der Waals surface area (Å²) in [6.45, 7) is 2.02. The van der Waals surface area contributed by atoms with Gasteiger partial charge >= 0.3 is 0 Å². The second-order valence-electron chi connectivity index (χ2n) is 4.74. The molecule has 0 aliphatic heterocycles. The van der Waals surface area contributed by atoms with Crippen molar-refractivity contribution in [1.82, 2.24) is 5.16 Å². The quantitative estimate of drug-likeness (QED) is 0.671. The van der Waals surface area contributed by atoms with Gasteiger partial charge in [-0.05, 0) is 42.3 Å². The van der Waals surface area contributed by atoms with Gasteiger partial charge in [-0.25, -0.2) is 0 Å². The van der Waals surface area contributed by atoms with E-state index in [2.05, 4.69) is 21.1 Å². The van der Waals surface area contributed by atoms with Gasteiger partial charge in [0, 0.05) is 15.1 Å². The summed E-state index contributed by atoms with van der Waals surface area (Å²) in [5, 5.41) is 4.75. The lowest BCUT2D eigenvalue weighted by molar-refractivity contribution is 0.439. The van der Waals surface area contributed by atoms with Gasteiger partial charge in [-0.3, -0.25) is 0 Å². The third-order valence-corrected chi connectivity index (χ3v) is 4.39. The highest BCUT2D eigenvalue weighted by atomic mass is 79.9. The zero-order valence-corrected chi connectivity index (χ0v) is 13.6. The largest absolute Gasteiger partial charge is 0.367 e. The van der Waals surface area contributed by atoms with Gasteiger partial charge in [0.05, 0.1) is 5.56 Å². The smallest absolute Gasteiger partial charge is 0.230 e. The molecule has 0 radical (unpaired) electrons. The van der Waals surface area contributed by atoms with Crippen molar-refractivity contribution < 1.29 is 4.52 Å². The molecule has 5 heteroatoms. The fraction of sp³-hybridized carbons (Fsp3) is 0.0625. The van der Waals surface area contributed by atoms with E-state index < -0.39 is 0 Å². The van der Waals surface area contributed by atoms with Crippen LogP contribution in [-0.2, 0) is 0 Å². The topological polar surface area (TPSA) is 52.0 Å². The highest BCUT2D eigenvalue weighted by molar-refractivity contribution is 9.10. The summed E-state index contributed by atoms with van der Waals surface area (Å²) in [5.41, 5.74) is 10.4. The number of hydrogen-bond donors (Lipinski definition) is 1. The normalized spacial score (nSPS) is 10.8. The van der Waals surface area contributed by atoms with Crippen LogP contribution in [0.15, 0.2) is 51.5 Å². The van der Waals surface area contributed by atoms with Crippen LogP contribution in [0.5, 0.6) is 0 Å². The van der Waals surface area contributed by atoms with Crippen molar-refractivity contribution in [2.24, 2.45) is 0 Å². The summed E-state index contributed by atoms with van der Waals surface area (Å²) in [5.74, 6) is 0.285. The van der Waals surface area contributed by atoms with E-state index in [4.69, 9.17) is 21.9 Å². The van der Waals surface area contributed by atoms with E-state index in [-0.39, 0.29) is 5.88 Å². The van der Waals surface area contributed by atoms with Crippen molar-refractivity contribution in [1.29, 1.82) is 0 Å². The Hall–Kier alpha value is -1.78. The maximum absolute atomic E-state index is 6.06. The second kappa shape index (κ2) is 5.54. The molecule has 0 amide bonds. The lowest BCUT2D eigenvalue weighted by Gasteiger charge is -2.05. The standard InChI is InChI=1S/C16H12BrClN2O/c1-9-7-11(5-6-13(9)17)15-14(16(19)21-20-15)10-3-2-4-12(18)8-10/h2-8H,19H2,1H3. The molecule has 0 atom stereocenters. The van der Waals surface area contributed by atoms with Gasteiger partial charge in [0.1, 0.15) is 5.69 Å². The molecule has 2 aromatic carbocycles. The van der Waals surface area contributed by atoms with E-state index in [1.54, 1.807) is 0 Å². The zero-order chi connectivity index (χ0) is 15.0. The van der Waals surface area contributed by atoms with Crippen molar-refractivity contribution in [3.05, 3.63) is 57.5 Å². The summed E-state index contributed by atoms with van der Waals surface area (Å²) < 4.78 is 6.24. The number of rotatable bonds is 2. The first kappa shape index (κ1) is 14.2. The Morgan fingerprint density at radius 3 is 2.67 bits per heavy atom. The van der Waals surface area contributed by atoms with Gasteiger partial charge < -0.3 is 10.3 Å². The molecule has 0 unspecified atom stereocenters. The molecule has 0 saturated heterocycles. The molecule has 0 aliphatic rings. The summed E-state index contributed by atoms with van der Waals surface area (Å²) in [7, 11) is 0. The summed E-state index contributed by atoms with van der Waals surface area (Å²) in [4.78, 5) is 0. The molecule has 1 heterocycles. The molecule has 3 rings (SSSR count). The average molecular weight is 364 g/mol. The first-order chi connectivity index (χ1) is 10.1. The van der Waals surface area contributed by atoms with Gasteiger partial charge in [0.25, 0.3) is 0 Å². The third-order valence-electron chi connectivity index (χ3n) is 3.26. The molecule has 3 nitrogen and oxygen atoms in total. The van der Waals surface area contributed by atoms with Gasteiger partial charge in [0.15, 0.2) is 0 Å². The molecule has 0 spiro atoms. The van der Waals surface area contributed by atoms with Crippen molar-refractivity contribution in [3.8, 4) is 22.4 Å². The number of aryl methyl sites for hydroxylation is 1. The summed E-state index contributed by atoms with van der Waals surface area (Å²) >= 11 is 9.55. The molecule has 2 N–H and O–H groups in total. The molecule has 0 saturated carbocycles. The minimum atomic E-state index is 0.285. The Bertz CT molecular complexity index is 814.